The molecule has 0 spiro atoms. The van der Waals surface area contributed by atoms with E-state index >= 15 is 0 Å². The molecule has 0 aliphatic rings. The third kappa shape index (κ3) is 4.25. The summed E-state index contributed by atoms with van der Waals surface area (Å²) in [4.78, 5) is 5.33. The van der Waals surface area contributed by atoms with Crippen molar-refractivity contribution in [2.75, 3.05) is 0 Å². The van der Waals surface area contributed by atoms with E-state index in [1.165, 1.54) is 11.1 Å². The van der Waals surface area contributed by atoms with Gasteiger partial charge in [0.15, 0.2) is 0 Å². The van der Waals surface area contributed by atoms with Gasteiger partial charge >= 0.3 is 0 Å². The van der Waals surface area contributed by atoms with Crippen LogP contribution in [0.2, 0.25) is 0 Å². The number of benzene rings is 2. The maximum absolute atomic E-state index is 5.33. The van der Waals surface area contributed by atoms with Crippen LogP contribution >= 0.6 is 0 Å². The van der Waals surface area contributed by atoms with E-state index in [-0.39, 0.29) is 0 Å². The Hall–Kier alpha value is -2.09. The van der Waals surface area contributed by atoms with E-state index in [1.807, 2.05) is 12.1 Å². The van der Waals surface area contributed by atoms with E-state index in [0.29, 0.717) is 6.61 Å². The molecule has 0 unspecified atom stereocenters. The Balaban J connectivity index is 1.89. The van der Waals surface area contributed by atoms with E-state index in [1.54, 1.807) is 6.21 Å². The lowest BCUT2D eigenvalue weighted by Gasteiger charge is -2.02. The topological polar surface area (TPSA) is 21.6 Å². The van der Waals surface area contributed by atoms with Crippen LogP contribution in [0, 0.1) is 6.92 Å². The zero-order valence-electron chi connectivity index (χ0n) is 11.5. The largest absolute Gasteiger partial charge is 0.391 e. The lowest BCUT2D eigenvalue weighted by molar-refractivity contribution is 0.132. The van der Waals surface area contributed by atoms with E-state index in [9.17, 15) is 0 Å². The summed E-state index contributed by atoms with van der Waals surface area (Å²) in [5.41, 5.74) is 4.76. The average molecular weight is 253 g/mol. The summed E-state index contributed by atoms with van der Waals surface area (Å²) in [6.45, 7) is 4.72. The second-order valence-electron chi connectivity index (χ2n) is 4.60. The van der Waals surface area contributed by atoms with E-state index < -0.39 is 0 Å². The van der Waals surface area contributed by atoms with Crippen molar-refractivity contribution in [2.24, 2.45) is 5.16 Å². The third-order valence-corrected chi connectivity index (χ3v) is 2.95. The fraction of sp³-hybridized carbons (Fsp3) is 0.235. The van der Waals surface area contributed by atoms with Crippen molar-refractivity contribution in [3.8, 4) is 0 Å². The standard InChI is InChI=1S/C17H19NO/c1-3-15-7-5-9-17(11-15)13-19-18-12-16-8-4-6-14(2)10-16/h4-12H,3,13H2,1-2H3. The lowest BCUT2D eigenvalue weighted by atomic mass is 10.1. The Bertz CT molecular complexity index is 561. The zero-order chi connectivity index (χ0) is 13.5. The average Bonchev–Trinajstić information content (AvgIpc) is 2.44. The minimum atomic E-state index is 0.510. The van der Waals surface area contributed by atoms with Crippen molar-refractivity contribution >= 4 is 6.21 Å². The Morgan fingerprint density at radius 1 is 1.05 bits per heavy atom. The number of nitrogens with zero attached hydrogens (tertiary/aromatic N) is 1. The monoisotopic (exact) mass is 253 g/mol. The van der Waals surface area contributed by atoms with Gasteiger partial charge in [0, 0.05) is 0 Å². The summed E-state index contributed by atoms with van der Waals surface area (Å²) in [5.74, 6) is 0. The summed E-state index contributed by atoms with van der Waals surface area (Å²) in [6.07, 6.45) is 2.79. The highest BCUT2D eigenvalue weighted by molar-refractivity contribution is 5.79. The molecule has 0 amide bonds. The number of aryl methyl sites for hydroxylation is 2. The molecule has 0 aliphatic carbocycles. The molecule has 19 heavy (non-hydrogen) atoms. The van der Waals surface area contributed by atoms with Gasteiger partial charge in [-0.25, -0.2) is 0 Å². The van der Waals surface area contributed by atoms with E-state index in [0.717, 1.165) is 17.5 Å². The first-order valence-electron chi connectivity index (χ1n) is 6.58. The van der Waals surface area contributed by atoms with Crippen LogP contribution in [0.25, 0.3) is 0 Å². The van der Waals surface area contributed by atoms with Gasteiger partial charge in [0.2, 0.25) is 0 Å². The van der Waals surface area contributed by atoms with Crippen LogP contribution in [0.15, 0.2) is 53.7 Å². The van der Waals surface area contributed by atoms with Gasteiger partial charge in [0.05, 0.1) is 6.21 Å². The van der Waals surface area contributed by atoms with Crippen LogP contribution in [-0.2, 0) is 17.9 Å². The second kappa shape index (κ2) is 6.74. The molecule has 2 rings (SSSR count). The van der Waals surface area contributed by atoms with Crippen LogP contribution in [0.3, 0.4) is 0 Å². The molecule has 0 saturated heterocycles. The molecule has 0 heterocycles. The molecule has 0 bridgehead atoms. The van der Waals surface area contributed by atoms with Gasteiger partial charge in [-0.2, -0.15) is 0 Å². The molecule has 0 atom stereocenters. The van der Waals surface area contributed by atoms with Gasteiger partial charge in [0.1, 0.15) is 6.61 Å². The molecular weight excluding hydrogens is 234 g/mol. The van der Waals surface area contributed by atoms with Gasteiger partial charge in [0.25, 0.3) is 0 Å². The molecule has 0 fully saturated rings. The molecule has 0 saturated carbocycles. The van der Waals surface area contributed by atoms with Crippen molar-refractivity contribution in [1.82, 2.24) is 0 Å². The first-order chi connectivity index (χ1) is 9.28. The SMILES string of the molecule is CCc1cccc(CON=Cc2cccc(C)c2)c1. The van der Waals surface area contributed by atoms with E-state index in [2.05, 4.69) is 55.4 Å². The highest BCUT2D eigenvalue weighted by atomic mass is 16.6. The minimum absolute atomic E-state index is 0.510. The molecule has 0 aliphatic heterocycles. The summed E-state index contributed by atoms with van der Waals surface area (Å²) in [7, 11) is 0. The Morgan fingerprint density at radius 3 is 2.63 bits per heavy atom. The predicted octanol–water partition coefficient (Wildman–Crippen LogP) is 4.11. The fourth-order valence-corrected chi connectivity index (χ4v) is 1.90. The molecule has 2 nitrogen and oxygen atoms in total. The number of oxime groups is 1. The number of rotatable bonds is 5. The fourth-order valence-electron chi connectivity index (χ4n) is 1.90. The first-order valence-corrected chi connectivity index (χ1v) is 6.58. The van der Waals surface area contributed by atoms with E-state index in [4.69, 9.17) is 4.84 Å². The van der Waals surface area contributed by atoms with Crippen molar-refractivity contribution in [2.45, 2.75) is 26.9 Å². The predicted molar refractivity (Wildman–Crippen MR) is 79.4 cm³/mol. The molecule has 0 aromatic heterocycles. The van der Waals surface area contributed by atoms with Crippen LogP contribution < -0.4 is 0 Å². The quantitative estimate of drug-likeness (QED) is 0.580. The van der Waals surface area contributed by atoms with Gasteiger partial charge in [-0.1, -0.05) is 66.2 Å². The summed E-state index contributed by atoms with van der Waals surface area (Å²) in [5, 5.41) is 4.01. The molecule has 0 N–H and O–H groups in total. The molecule has 2 aromatic carbocycles. The molecule has 2 heteroatoms. The van der Waals surface area contributed by atoms with Gasteiger partial charge in [-0.05, 0) is 30.0 Å². The summed E-state index contributed by atoms with van der Waals surface area (Å²) in [6, 6.07) is 16.6. The van der Waals surface area contributed by atoms with Gasteiger partial charge < -0.3 is 4.84 Å². The van der Waals surface area contributed by atoms with Gasteiger partial charge in [-0.3, -0.25) is 0 Å². The Morgan fingerprint density at radius 2 is 1.84 bits per heavy atom. The van der Waals surface area contributed by atoms with Crippen LogP contribution in [0.1, 0.15) is 29.2 Å². The van der Waals surface area contributed by atoms with Gasteiger partial charge in [-0.15, -0.1) is 0 Å². The second-order valence-corrected chi connectivity index (χ2v) is 4.60. The van der Waals surface area contributed by atoms with Crippen molar-refractivity contribution in [1.29, 1.82) is 0 Å². The lowest BCUT2D eigenvalue weighted by Crippen LogP contribution is -1.90. The minimum Gasteiger partial charge on any atom is -0.391 e. The third-order valence-electron chi connectivity index (χ3n) is 2.95. The zero-order valence-corrected chi connectivity index (χ0v) is 11.5. The maximum atomic E-state index is 5.33. The van der Waals surface area contributed by atoms with Crippen LogP contribution in [0.5, 0.6) is 0 Å². The van der Waals surface area contributed by atoms with Crippen molar-refractivity contribution in [3.63, 3.8) is 0 Å². The summed E-state index contributed by atoms with van der Waals surface area (Å²) >= 11 is 0. The highest BCUT2D eigenvalue weighted by Gasteiger charge is 1.94. The molecule has 2 aromatic rings. The normalized spacial score (nSPS) is 10.8. The van der Waals surface area contributed by atoms with Crippen LogP contribution in [-0.4, -0.2) is 6.21 Å². The Kier molecular flexibility index (Phi) is 4.73. The molecule has 0 radical (unpaired) electrons. The Labute approximate surface area is 114 Å². The first kappa shape index (κ1) is 13.3. The van der Waals surface area contributed by atoms with Crippen LogP contribution in [0.4, 0.5) is 0 Å². The van der Waals surface area contributed by atoms with Crippen molar-refractivity contribution in [3.05, 3.63) is 70.8 Å². The number of hydrogen-bond donors (Lipinski definition) is 0. The van der Waals surface area contributed by atoms with Crippen molar-refractivity contribution < 1.29 is 4.84 Å². The smallest absolute Gasteiger partial charge is 0.142 e. The molecular formula is C17H19NO. The number of hydrogen-bond acceptors (Lipinski definition) is 2. The molecule has 98 valence electrons. The maximum Gasteiger partial charge on any atom is 0.142 e. The summed E-state index contributed by atoms with van der Waals surface area (Å²) < 4.78 is 0. The highest BCUT2D eigenvalue weighted by Crippen LogP contribution is 2.07.